The van der Waals surface area contributed by atoms with Gasteiger partial charge in [0.25, 0.3) is 0 Å². The molecule has 1 aliphatic rings. The summed E-state index contributed by atoms with van der Waals surface area (Å²) >= 11 is 0. The number of carboxylic acid groups (broad SMARTS) is 2. The van der Waals surface area contributed by atoms with Crippen molar-refractivity contribution < 1.29 is 24.3 Å². The van der Waals surface area contributed by atoms with E-state index in [1.165, 1.54) is 5.57 Å². The summed E-state index contributed by atoms with van der Waals surface area (Å²) in [6.07, 6.45) is 4.93. The first-order valence-electron chi connectivity index (χ1n) is 6.35. The maximum atomic E-state index is 9.10. The Morgan fingerprint density at radius 3 is 2.73 bits per heavy atom. The van der Waals surface area contributed by atoms with E-state index in [0.29, 0.717) is 5.88 Å². The monoisotopic (exact) mass is 308 g/mol. The Kier molecular flexibility index (Phi) is 6.59. The molecule has 118 valence electrons. The van der Waals surface area contributed by atoms with Crippen molar-refractivity contribution in [3.8, 4) is 6.07 Å². The molecule has 0 spiro atoms. The van der Waals surface area contributed by atoms with E-state index >= 15 is 0 Å². The minimum absolute atomic E-state index is 0.227. The summed E-state index contributed by atoms with van der Waals surface area (Å²) in [6, 6.07) is 2.02. The molecule has 2 rings (SSSR count). The third-order valence-electron chi connectivity index (χ3n) is 2.77. The highest BCUT2D eigenvalue weighted by atomic mass is 16.5. The fourth-order valence-corrected chi connectivity index (χ4v) is 1.80. The lowest BCUT2D eigenvalue weighted by atomic mass is 10.0. The zero-order valence-corrected chi connectivity index (χ0v) is 11.9. The number of likely N-dealkylation sites (N-methyl/N-ethyl adjacent to an activating group) is 1. The number of hydrogen-bond donors (Lipinski definition) is 3. The van der Waals surface area contributed by atoms with Crippen molar-refractivity contribution in [1.82, 2.24) is 10.1 Å². The molecule has 9 heteroatoms. The first kappa shape index (κ1) is 17.2. The first-order valence-corrected chi connectivity index (χ1v) is 6.35. The number of nitrogens with one attached hydrogen (secondary N) is 1. The second-order valence-electron chi connectivity index (χ2n) is 4.45. The molecule has 2 heterocycles. The molecule has 9 nitrogen and oxygen atoms in total. The van der Waals surface area contributed by atoms with Crippen LogP contribution in [0.5, 0.6) is 0 Å². The van der Waals surface area contributed by atoms with Crippen molar-refractivity contribution in [1.29, 1.82) is 5.26 Å². The first-order chi connectivity index (χ1) is 10.5. The number of aliphatic carboxylic acids is 2. The van der Waals surface area contributed by atoms with Crippen LogP contribution >= 0.6 is 0 Å². The average molecular weight is 308 g/mol. The van der Waals surface area contributed by atoms with Gasteiger partial charge in [0.1, 0.15) is 6.54 Å². The smallest absolute Gasteiger partial charge is 0.414 e. The lowest BCUT2D eigenvalue weighted by molar-refractivity contribution is -0.159. The minimum atomic E-state index is -1.82. The van der Waals surface area contributed by atoms with Crippen LogP contribution in [-0.4, -0.2) is 58.9 Å². The van der Waals surface area contributed by atoms with Gasteiger partial charge in [-0.25, -0.2) is 9.59 Å². The molecule has 0 amide bonds. The van der Waals surface area contributed by atoms with Crippen molar-refractivity contribution in [2.24, 2.45) is 0 Å². The molecule has 1 aromatic rings. The van der Waals surface area contributed by atoms with Gasteiger partial charge < -0.3 is 25.0 Å². The van der Waals surface area contributed by atoms with Crippen LogP contribution in [0.3, 0.4) is 0 Å². The van der Waals surface area contributed by atoms with Crippen LogP contribution < -0.4 is 5.32 Å². The topological polar surface area (TPSA) is 140 Å². The Hall–Kier alpha value is -2.86. The second kappa shape index (κ2) is 8.43. The van der Waals surface area contributed by atoms with Gasteiger partial charge in [-0.15, -0.1) is 0 Å². The number of nitriles is 1. The Morgan fingerprint density at radius 2 is 2.18 bits per heavy atom. The highest BCUT2D eigenvalue weighted by Crippen LogP contribution is 2.26. The number of aromatic nitrogens is 1. The summed E-state index contributed by atoms with van der Waals surface area (Å²) in [5.41, 5.74) is 2.16. The van der Waals surface area contributed by atoms with Crippen LogP contribution in [-0.2, 0) is 9.59 Å². The van der Waals surface area contributed by atoms with Gasteiger partial charge in [-0.05, 0) is 19.0 Å². The molecule has 0 fully saturated rings. The Balaban J connectivity index is 0.000000346. The van der Waals surface area contributed by atoms with Gasteiger partial charge in [-0.1, -0.05) is 11.2 Å². The van der Waals surface area contributed by atoms with E-state index in [1.807, 2.05) is 6.07 Å². The van der Waals surface area contributed by atoms with Crippen LogP contribution in [0.1, 0.15) is 12.0 Å². The predicted octanol–water partition coefficient (Wildman–Crippen LogP) is 0.485. The van der Waals surface area contributed by atoms with Gasteiger partial charge in [-0.2, -0.15) is 5.26 Å². The van der Waals surface area contributed by atoms with Gasteiger partial charge in [0.05, 0.1) is 17.8 Å². The van der Waals surface area contributed by atoms with Crippen LogP contribution in [0.25, 0.3) is 5.57 Å². The molecule has 0 unspecified atom stereocenters. The molecular formula is C13H16N4O5. The Morgan fingerprint density at radius 1 is 1.50 bits per heavy atom. The number of anilines is 1. The van der Waals surface area contributed by atoms with Gasteiger partial charge >= 0.3 is 11.9 Å². The maximum Gasteiger partial charge on any atom is 0.414 e. The highest BCUT2D eigenvalue weighted by molar-refractivity contribution is 6.27. The lowest BCUT2D eigenvalue weighted by Gasteiger charge is -2.22. The summed E-state index contributed by atoms with van der Waals surface area (Å²) < 4.78 is 5.08. The molecule has 1 aliphatic heterocycles. The summed E-state index contributed by atoms with van der Waals surface area (Å²) in [4.78, 5) is 20.4. The van der Waals surface area contributed by atoms with Crippen LogP contribution in [0.4, 0.5) is 5.88 Å². The Labute approximate surface area is 126 Å². The van der Waals surface area contributed by atoms with E-state index in [-0.39, 0.29) is 6.54 Å². The normalized spacial score (nSPS) is 14.1. The number of carboxylic acids is 2. The van der Waals surface area contributed by atoms with Crippen LogP contribution in [0.15, 0.2) is 16.8 Å². The largest absolute Gasteiger partial charge is 0.473 e. The second-order valence-corrected chi connectivity index (χ2v) is 4.45. The SMILES string of the molecule is CN1CCC=C(c2cnoc2NCC#N)C1.O=C(O)C(=O)O. The van der Waals surface area contributed by atoms with E-state index in [4.69, 9.17) is 29.6 Å². The molecular weight excluding hydrogens is 292 g/mol. The summed E-state index contributed by atoms with van der Waals surface area (Å²) in [5, 5.41) is 30.0. The maximum absolute atomic E-state index is 9.10. The fraction of sp³-hybridized carbons (Fsp3) is 0.385. The van der Waals surface area contributed by atoms with E-state index in [0.717, 1.165) is 25.1 Å². The van der Waals surface area contributed by atoms with E-state index in [9.17, 15) is 0 Å². The minimum Gasteiger partial charge on any atom is -0.473 e. The lowest BCUT2D eigenvalue weighted by Crippen LogP contribution is -2.25. The molecule has 0 radical (unpaired) electrons. The molecule has 1 aromatic heterocycles. The molecule has 0 saturated heterocycles. The van der Waals surface area contributed by atoms with Gasteiger partial charge in [-0.3, -0.25) is 0 Å². The number of nitrogens with zero attached hydrogens (tertiary/aromatic N) is 3. The van der Waals surface area contributed by atoms with E-state index in [1.54, 1.807) is 6.20 Å². The predicted molar refractivity (Wildman–Crippen MR) is 76.0 cm³/mol. The third kappa shape index (κ3) is 5.26. The number of carbonyl (C=O) groups is 2. The molecule has 22 heavy (non-hydrogen) atoms. The third-order valence-corrected chi connectivity index (χ3v) is 2.77. The van der Waals surface area contributed by atoms with Crippen molar-refractivity contribution in [2.45, 2.75) is 6.42 Å². The van der Waals surface area contributed by atoms with Gasteiger partial charge in [0, 0.05) is 13.1 Å². The van der Waals surface area contributed by atoms with Crippen LogP contribution in [0.2, 0.25) is 0 Å². The molecule has 0 atom stereocenters. The van der Waals surface area contributed by atoms with Crippen molar-refractivity contribution in [3.63, 3.8) is 0 Å². The molecule has 0 aromatic carbocycles. The summed E-state index contributed by atoms with van der Waals surface area (Å²) in [5.74, 6) is -3.06. The summed E-state index contributed by atoms with van der Waals surface area (Å²) in [6.45, 7) is 2.20. The standard InChI is InChI=1S/C11H14N4O.C2H2O4/c1-15-6-2-3-9(8-15)10-7-14-16-11(10)13-5-4-12;3-1(4)2(5)6/h3,7,13H,2,5-6,8H2,1H3;(H,3,4)(H,5,6). The van der Waals surface area contributed by atoms with Crippen molar-refractivity contribution >= 4 is 23.4 Å². The van der Waals surface area contributed by atoms with E-state index < -0.39 is 11.9 Å². The number of rotatable bonds is 3. The Bertz CT molecular complexity index is 590. The van der Waals surface area contributed by atoms with Crippen molar-refractivity contribution in [3.05, 3.63) is 17.8 Å². The highest BCUT2D eigenvalue weighted by Gasteiger charge is 2.16. The average Bonchev–Trinajstić information content (AvgIpc) is 2.94. The zero-order valence-electron chi connectivity index (χ0n) is 11.9. The number of hydrogen-bond acceptors (Lipinski definition) is 7. The van der Waals surface area contributed by atoms with Gasteiger partial charge in [0.15, 0.2) is 0 Å². The molecule has 0 bridgehead atoms. The molecule has 0 aliphatic carbocycles. The fourth-order valence-electron chi connectivity index (χ4n) is 1.80. The van der Waals surface area contributed by atoms with Gasteiger partial charge in [0.2, 0.25) is 5.88 Å². The zero-order chi connectivity index (χ0) is 16.5. The van der Waals surface area contributed by atoms with Crippen molar-refractivity contribution in [2.75, 3.05) is 32.0 Å². The van der Waals surface area contributed by atoms with Crippen LogP contribution in [0, 0.1) is 11.3 Å². The summed E-state index contributed by atoms with van der Waals surface area (Å²) in [7, 11) is 2.09. The van der Waals surface area contributed by atoms with E-state index in [2.05, 4.69) is 28.5 Å². The quantitative estimate of drug-likeness (QED) is 0.537. The molecule has 0 saturated carbocycles. The molecule has 3 N–H and O–H groups in total.